The fourth-order valence-electron chi connectivity index (χ4n) is 1.35. The predicted molar refractivity (Wildman–Crippen MR) is 51.8 cm³/mol. The quantitative estimate of drug-likeness (QED) is 0.701. The van der Waals surface area contributed by atoms with Crippen molar-refractivity contribution in [2.75, 3.05) is 0 Å². The van der Waals surface area contributed by atoms with Crippen molar-refractivity contribution in [1.29, 1.82) is 0 Å². The van der Waals surface area contributed by atoms with Crippen molar-refractivity contribution in [2.24, 2.45) is 7.05 Å². The maximum atomic E-state index is 4.23. The Kier molecular flexibility index (Phi) is 2.07. The van der Waals surface area contributed by atoms with Gasteiger partial charge in [-0.1, -0.05) is 5.21 Å². The van der Waals surface area contributed by atoms with E-state index in [0.717, 1.165) is 17.9 Å². The number of nitrogens with zero attached hydrogens (tertiary/aromatic N) is 5. The Bertz CT molecular complexity index is 440. The number of aromatic nitrogens is 5. The summed E-state index contributed by atoms with van der Waals surface area (Å²) in [6.07, 6.45) is 3.74. The summed E-state index contributed by atoms with van der Waals surface area (Å²) in [6.45, 7) is 4.79. The summed E-state index contributed by atoms with van der Waals surface area (Å²) in [5.41, 5.74) is 3.19. The molecule has 0 atom stereocenters. The molecule has 0 aromatic carbocycles. The van der Waals surface area contributed by atoms with Crippen molar-refractivity contribution in [2.45, 2.75) is 20.4 Å². The Morgan fingerprint density at radius 1 is 1.36 bits per heavy atom. The van der Waals surface area contributed by atoms with Gasteiger partial charge in [-0.3, -0.25) is 4.68 Å². The third kappa shape index (κ3) is 1.53. The SMILES string of the molecule is Cc1ncn(Cc2cn(C)nn2)c1C. The maximum absolute atomic E-state index is 4.23. The Labute approximate surface area is 82.4 Å². The second kappa shape index (κ2) is 3.25. The minimum Gasteiger partial charge on any atom is -0.328 e. The molecule has 0 saturated carbocycles. The van der Waals surface area contributed by atoms with Gasteiger partial charge in [0.25, 0.3) is 0 Å². The monoisotopic (exact) mass is 191 g/mol. The van der Waals surface area contributed by atoms with E-state index in [9.17, 15) is 0 Å². The van der Waals surface area contributed by atoms with Crippen molar-refractivity contribution >= 4 is 0 Å². The summed E-state index contributed by atoms with van der Waals surface area (Å²) in [4.78, 5) is 4.23. The van der Waals surface area contributed by atoms with Gasteiger partial charge >= 0.3 is 0 Å². The lowest BCUT2D eigenvalue weighted by molar-refractivity contribution is 0.707. The number of hydrogen-bond acceptors (Lipinski definition) is 3. The lowest BCUT2D eigenvalue weighted by atomic mass is 10.3. The van der Waals surface area contributed by atoms with Crippen LogP contribution in [0.4, 0.5) is 0 Å². The normalized spacial score (nSPS) is 10.8. The van der Waals surface area contributed by atoms with Crippen LogP contribution in [0.3, 0.4) is 0 Å². The van der Waals surface area contributed by atoms with Crippen LogP contribution in [0.25, 0.3) is 0 Å². The zero-order valence-corrected chi connectivity index (χ0v) is 8.60. The third-order valence-corrected chi connectivity index (χ3v) is 2.33. The van der Waals surface area contributed by atoms with E-state index in [1.54, 1.807) is 4.68 Å². The lowest BCUT2D eigenvalue weighted by Crippen LogP contribution is -2.00. The molecule has 0 radical (unpaired) electrons. The van der Waals surface area contributed by atoms with Crippen LogP contribution >= 0.6 is 0 Å². The standard InChI is InChI=1S/C9H13N5/c1-7-8(2)14(6-10-7)5-9-4-13(3)12-11-9/h4,6H,5H2,1-3H3. The summed E-state index contributed by atoms with van der Waals surface area (Å²) in [6, 6.07) is 0. The topological polar surface area (TPSA) is 48.5 Å². The zero-order valence-electron chi connectivity index (χ0n) is 8.60. The molecule has 5 heteroatoms. The van der Waals surface area contributed by atoms with E-state index in [4.69, 9.17) is 0 Å². The van der Waals surface area contributed by atoms with Gasteiger partial charge < -0.3 is 4.57 Å². The van der Waals surface area contributed by atoms with Crippen molar-refractivity contribution in [3.63, 3.8) is 0 Å². The average molecular weight is 191 g/mol. The van der Waals surface area contributed by atoms with E-state index < -0.39 is 0 Å². The van der Waals surface area contributed by atoms with Gasteiger partial charge in [-0.15, -0.1) is 5.10 Å². The Hall–Kier alpha value is -1.65. The summed E-state index contributed by atoms with van der Waals surface area (Å²) in [7, 11) is 1.86. The highest BCUT2D eigenvalue weighted by atomic mass is 15.4. The van der Waals surface area contributed by atoms with Gasteiger partial charge in [0.2, 0.25) is 0 Å². The molecule has 0 aliphatic rings. The molecule has 2 heterocycles. The molecule has 2 aromatic heterocycles. The van der Waals surface area contributed by atoms with Gasteiger partial charge in [0.15, 0.2) is 0 Å². The van der Waals surface area contributed by atoms with E-state index in [0.29, 0.717) is 0 Å². The fourth-order valence-corrected chi connectivity index (χ4v) is 1.35. The van der Waals surface area contributed by atoms with Gasteiger partial charge in [0.1, 0.15) is 5.69 Å². The van der Waals surface area contributed by atoms with Crippen molar-refractivity contribution in [1.82, 2.24) is 24.5 Å². The molecule has 0 saturated heterocycles. The first-order valence-electron chi connectivity index (χ1n) is 4.50. The predicted octanol–water partition coefficient (Wildman–Crippen LogP) is 0.677. The van der Waals surface area contributed by atoms with E-state index >= 15 is 0 Å². The molecule has 0 N–H and O–H groups in total. The second-order valence-corrected chi connectivity index (χ2v) is 3.43. The van der Waals surface area contributed by atoms with Gasteiger partial charge in [-0.05, 0) is 13.8 Å². The van der Waals surface area contributed by atoms with Crippen LogP contribution in [0.15, 0.2) is 12.5 Å². The molecular formula is C9H13N5. The minimum atomic E-state index is 0.737. The molecule has 0 aliphatic heterocycles. The fraction of sp³-hybridized carbons (Fsp3) is 0.444. The molecule has 5 nitrogen and oxygen atoms in total. The maximum Gasteiger partial charge on any atom is 0.102 e. The number of imidazole rings is 1. The third-order valence-electron chi connectivity index (χ3n) is 2.33. The molecule has 2 rings (SSSR count). The first-order chi connectivity index (χ1) is 6.66. The average Bonchev–Trinajstić information content (AvgIpc) is 2.67. The number of aryl methyl sites for hydroxylation is 2. The molecule has 0 bridgehead atoms. The van der Waals surface area contributed by atoms with Gasteiger partial charge in [0, 0.05) is 18.9 Å². The first kappa shape index (κ1) is 8.93. The first-order valence-corrected chi connectivity index (χ1v) is 4.50. The Morgan fingerprint density at radius 3 is 2.64 bits per heavy atom. The highest BCUT2D eigenvalue weighted by Gasteiger charge is 2.04. The molecule has 74 valence electrons. The van der Waals surface area contributed by atoms with Crippen molar-refractivity contribution in [3.05, 3.63) is 29.6 Å². The molecule has 14 heavy (non-hydrogen) atoms. The minimum absolute atomic E-state index is 0.737. The van der Waals surface area contributed by atoms with E-state index in [-0.39, 0.29) is 0 Å². The molecule has 2 aromatic rings. The van der Waals surface area contributed by atoms with Gasteiger partial charge in [-0.2, -0.15) is 0 Å². The molecule has 0 unspecified atom stereocenters. The summed E-state index contributed by atoms with van der Waals surface area (Å²) < 4.78 is 3.77. The molecule has 0 spiro atoms. The largest absolute Gasteiger partial charge is 0.328 e. The lowest BCUT2D eigenvalue weighted by Gasteiger charge is -2.01. The highest BCUT2D eigenvalue weighted by molar-refractivity contribution is 5.10. The molecule has 0 amide bonds. The number of hydrogen-bond donors (Lipinski definition) is 0. The van der Waals surface area contributed by atoms with Crippen LogP contribution in [-0.4, -0.2) is 24.5 Å². The number of rotatable bonds is 2. The molecule has 0 aliphatic carbocycles. The summed E-state index contributed by atoms with van der Waals surface area (Å²) in [5.74, 6) is 0. The van der Waals surface area contributed by atoms with Crippen molar-refractivity contribution < 1.29 is 0 Å². The molecule has 0 fully saturated rings. The van der Waals surface area contributed by atoms with Gasteiger partial charge in [0.05, 0.1) is 18.6 Å². The summed E-state index contributed by atoms with van der Waals surface area (Å²) >= 11 is 0. The summed E-state index contributed by atoms with van der Waals surface area (Å²) in [5, 5.41) is 7.91. The van der Waals surface area contributed by atoms with Crippen molar-refractivity contribution in [3.8, 4) is 0 Å². The van der Waals surface area contributed by atoms with E-state index in [1.165, 1.54) is 5.69 Å². The van der Waals surface area contributed by atoms with Crippen LogP contribution in [-0.2, 0) is 13.6 Å². The van der Waals surface area contributed by atoms with E-state index in [1.807, 2.05) is 26.5 Å². The second-order valence-electron chi connectivity index (χ2n) is 3.43. The van der Waals surface area contributed by atoms with Crippen LogP contribution < -0.4 is 0 Å². The van der Waals surface area contributed by atoms with E-state index in [2.05, 4.69) is 26.8 Å². The zero-order chi connectivity index (χ0) is 10.1. The van der Waals surface area contributed by atoms with Gasteiger partial charge in [-0.25, -0.2) is 4.98 Å². The van der Waals surface area contributed by atoms with Crippen LogP contribution in [0, 0.1) is 13.8 Å². The highest BCUT2D eigenvalue weighted by Crippen LogP contribution is 2.06. The Morgan fingerprint density at radius 2 is 2.14 bits per heavy atom. The van der Waals surface area contributed by atoms with Crippen LogP contribution in [0.2, 0.25) is 0 Å². The Balaban J connectivity index is 2.22. The smallest absolute Gasteiger partial charge is 0.102 e. The van der Waals surface area contributed by atoms with Crippen LogP contribution in [0.5, 0.6) is 0 Å². The van der Waals surface area contributed by atoms with Crippen LogP contribution in [0.1, 0.15) is 17.1 Å². The molecular weight excluding hydrogens is 178 g/mol.